The fraction of sp³-hybridized carbons (Fsp3) is 0.726. The quantitative estimate of drug-likeness (QED) is 0.0201. The molecule has 710 valence electrons. The van der Waals surface area contributed by atoms with Crippen molar-refractivity contribution in [3.05, 3.63) is 29.8 Å². The van der Waals surface area contributed by atoms with Crippen LogP contribution in [0.15, 0.2) is 24.3 Å². The van der Waals surface area contributed by atoms with Crippen molar-refractivity contribution in [2.75, 3.05) is 32.8 Å². The third-order valence-corrected chi connectivity index (χ3v) is 20.5. The molecule has 0 aliphatic carbocycles. The van der Waals surface area contributed by atoms with Gasteiger partial charge in [0, 0.05) is 38.8 Å². The first-order valence-electron chi connectivity index (χ1n) is 44.3. The molecule has 41 heteroatoms. The van der Waals surface area contributed by atoms with E-state index in [0.717, 1.165) is 32.1 Å². The highest BCUT2D eigenvalue weighted by Crippen LogP contribution is 2.19. The molecule has 0 aliphatic rings. The second kappa shape index (κ2) is 64.2. The molecule has 0 aromatic heterocycles. The Bertz CT molecular complexity index is 3520. The lowest BCUT2D eigenvalue weighted by molar-refractivity contribution is -0.137. The highest BCUT2D eigenvalue weighted by atomic mass is 16.3. The smallest absolute Gasteiger partial charge is 0.245 e. The van der Waals surface area contributed by atoms with Crippen LogP contribution in [0, 0.1) is 28.6 Å². The number of rotatable bonds is 70. The van der Waals surface area contributed by atoms with Crippen LogP contribution >= 0.6 is 0 Å². The third kappa shape index (κ3) is 50.9. The Labute approximate surface area is 735 Å². The molecule has 0 spiro atoms. The number of hydrogen-bond donors (Lipinski definition) is 26. The molecule has 1 aromatic rings. The van der Waals surface area contributed by atoms with Gasteiger partial charge < -0.3 is 130 Å². The van der Waals surface area contributed by atoms with Gasteiger partial charge in [0.05, 0.1) is 12.7 Å². The van der Waals surface area contributed by atoms with Crippen molar-refractivity contribution in [2.24, 2.45) is 57.9 Å². The van der Waals surface area contributed by atoms with Crippen LogP contribution in [0.5, 0.6) is 5.75 Å². The number of hydrogen-bond acceptors (Lipinski definition) is 22. The number of nitrogens with two attached hydrogens (primary N) is 7. The maximum atomic E-state index is 15.1. The topological polar surface area (TPSA) is 715 Å². The molecule has 125 heavy (non-hydrogen) atoms. The number of guanidine groups is 2. The van der Waals surface area contributed by atoms with Gasteiger partial charge in [-0.05, 0) is 158 Å². The minimum Gasteiger partial charge on any atom is -0.508 e. The molecule has 0 radical (unpaired) electrons. The molecule has 13 atom stereocenters. The summed E-state index contributed by atoms with van der Waals surface area (Å²) >= 11 is 0. The molecule has 0 bridgehead atoms. The third-order valence-electron chi connectivity index (χ3n) is 20.5. The Balaban J connectivity index is 3.83. The largest absolute Gasteiger partial charge is 0.508 e. The van der Waals surface area contributed by atoms with Crippen molar-refractivity contribution < 1.29 is 87.2 Å². The Morgan fingerprint density at radius 1 is 0.344 bits per heavy atom. The lowest BCUT2D eigenvalue weighted by atomic mass is 9.99. The number of phenolic OH excluding ortho intramolecular Hbond substituents is 1. The number of amides is 15. The summed E-state index contributed by atoms with van der Waals surface area (Å²) in [5.74, 6) is -15.6. The van der Waals surface area contributed by atoms with Crippen molar-refractivity contribution in [2.45, 2.75) is 339 Å². The molecule has 0 saturated heterocycles. The van der Waals surface area contributed by atoms with E-state index in [2.05, 4.69) is 81.4 Å². The van der Waals surface area contributed by atoms with E-state index in [1.165, 1.54) is 76.1 Å². The van der Waals surface area contributed by atoms with Crippen LogP contribution in [0.4, 0.5) is 0 Å². The Hall–Kier alpha value is -10.5. The zero-order valence-corrected chi connectivity index (χ0v) is 74.7. The molecule has 0 unspecified atom stereocenters. The van der Waals surface area contributed by atoms with Gasteiger partial charge in [-0.15, -0.1) is 0 Å². The van der Waals surface area contributed by atoms with Crippen LogP contribution in [0.25, 0.3) is 0 Å². The zero-order valence-electron chi connectivity index (χ0n) is 74.7. The summed E-state index contributed by atoms with van der Waals surface area (Å²) in [6.07, 6.45) is 11.3. The van der Waals surface area contributed by atoms with Crippen molar-refractivity contribution in [1.29, 1.82) is 10.8 Å². The van der Waals surface area contributed by atoms with Gasteiger partial charge in [-0.1, -0.05) is 138 Å². The van der Waals surface area contributed by atoms with Gasteiger partial charge in [-0.3, -0.25) is 82.7 Å². The maximum absolute atomic E-state index is 15.1. The molecule has 0 heterocycles. The number of unbranched alkanes of at least 4 members (excludes halogenated alkanes) is 14. The summed E-state index contributed by atoms with van der Waals surface area (Å²) in [6, 6.07) is -12.8. The van der Waals surface area contributed by atoms with Crippen molar-refractivity contribution in [1.82, 2.24) is 74.4 Å². The van der Waals surface area contributed by atoms with E-state index in [9.17, 15) is 82.4 Å². The van der Waals surface area contributed by atoms with Crippen LogP contribution < -0.4 is 115 Å². The molecule has 15 amide bonds. The molecule has 41 nitrogen and oxygen atoms in total. The van der Waals surface area contributed by atoms with Crippen molar-refractivity contribution >= 4 is 101 Å². The lowest BCUT2D eigenvalue weighted by Crippen LogP contribution is -2.62. The van der Waals surface area contributed by atoms with E-state index in [4.69, 9.17) is 51.0 Å². The predicted octanol–water partition coefficient (Wildman–Crippen LogP) is -1.45. The predicted molar refractivity (Wildman–Crippen MR) is 473 cm³/mol. The number of carbonyl (C=O) groups is 15. The average molecular weight is 1770 g/mol. The van der Waals surface area contributed by atoms with Crippen molar-refractivity contribution in [3.63, 3.8) is 0 Å². The van der Waals surface area contributed by atoms with E-state index in [0.29, 0.717) is 24.8 Å². The lowest BCUT2D eigenvalue weighted by Gasteiger charge is -2.29. The van der Waals surface area contributed by atoms with Gasteiger partial charge >= 0.3 is 0 Å². The minimum absolute atomic E-state index is 0.0122. The van der Waals surface area contributed by atoms with Crippen LogP contribution in [0.2, 0.25) is 0 Å². The molecule has 0 saturated carbocycles. The Morgan fingerprint density at radius 3 is 0.992 bits per heavy atom. The summed E-state index contributed by atoms with van der Waals surface area (Å²) in [6.45, 7) is 13.3. The summed E-state index contributed by atoms with van der Waals surface area (Å²) < 4.78 is 0. The number of benzene rings is 1. The molecule has 0 fully saturated rings. The number of carbonyl (C=O) groups excluding carboxylic acids is 15. The molecule has 0 aliphatic heterocycles. The molecule has 1 aromatic carbocycles. The van der Waals surface area contributed by atoms with Gasteiger partial charge in [0.15, 0.2) is 11.9 Å². The van der Waals surface area contributed by atoms with E-state index in [-0.39, 0.29) is 139 Å². The first kappa shape index (κ1) is 112. The van der Waals surface area contributed by atoms with E-state index < -0.39 is 205 Å². The minimum atomic E-state index is -1.77. The fourth-order valence-electron chi connectivity index (χ4n) is 13.6. The average Bonchev–Trinajstić information content (AvgIpc) is 0.850. The van der Waals surface area contributed by atoms with Crippen LogP contribution in [0.3, 0.4) is 0 Å². The van der Waals surface area contributed by atoms with Crippen LogP contribution in [-0.2, 0) is 78.3 Å². The molecular formula is C84H151N23O18. The second-order valence-electron chi connectivity index (χ2n) is 33.3. The first-order valence-corrected chi connectivity index (χ1v) is 44.3. The van der Waals surface area contributed by atoms with Gasteiger partial charge in [-0.25, -0.2) is 0 Å². The van der Waals surface area contributed by atoms with Crippen molar-refractivity contribution in [3.8, 4) is 5.75 Å². The molecule has 33 N–H and O–H groups in total. The van der Waals surface area contributed by atoms with E-state index in [1.807, 2.05) is 0 Å². The first-order chi connectivity index (χ1) is 59.2. The molecule has 1 rings (SSSR count). The highest BCUT2D eigenvalue weighted by Gasteiger charge is 2.39. The number of aliphatic hydroxyl groups is 2. The van der Waals surface area contributed by atoms with Crippen LogP contribution in [0.1, 0.15) is 260 Å². The zero-order chi connectivity index (χ0) is 94.1. The fourth-order valence-corrected chi connectivity index (χ4v) is 13.6. The Morgan fingerprint density at radius 2 is 0.648 bits per heavy atom. The number of aromatic hydroxyl groups is 1. The second-order valence-corrected chi connectivity index (χ2v) is 33.3. The van der Waals surface area contributed by atoms with Gasteiger partial charge in [-0.2, -0.15) is 0 Å². The summed E-state index contributed by atoms with van der Waals surface area (Å²) in [5.41, 5.74) is 39.8. The normalized spacial score (nSPS) is 14.4. The molecular weight excluding hydrogens is 1620 g/mol. The summed E-state index contributed by atoms with van der Waals surface area (Å²) in [7, 11) is 0. The summed E-state index contributed by atoms with van der Waals surface area (Å²) in [5, 5.41) is 82.9. The van der Waals surface area contributed by atoms with Gasteiger partial charge in [0.25, 0.3) is 0 Å². The number of aliphatic hydroxyl groups excluding tert-OH is 2. The van der Waals surface area contributed by atoms with Crippen LogP contribution in [-0.4, -0.2) is 227 Å². The van der Waals surface area contributed by atoms with E-state index >= 15 is 4.79 Å². The maximum Gasteiger partial charge on any atom is 0.245 e. The SMILES string of the molecule is CCCCCCCCCCCCCCCC(=O)N[C@@H](CCCNC(=N)N)C(=O)N[C@@H](CCC(N)=O)C(=O)N[C@@H](CCC(N)=O)C(=O)N[C@@H](Cc1ccc(O)cc1)C(=O)N[C@@H](CCCNC(=N)N)C(=O)N[C@@H](CCCCN)C(=O)N[C@@H](CC(C)C)C(=O)N[C@@H](CC(C)C)C(=O)N[C@@H](CCCCN)C(=O)N[C@@H](CO)C(=O)N[C@H](C(=O)N[C@@H](CC(C)C)C(N)=O)[C@@H](C)O. The summed E-state index contributed by atoms with van der Waals surface area (Å²) in [4.78, 5) is 210. The monoisotopic (exact) mass is 1770 g/mol. The Kier molecular flexibility index (Phi) is 57.8. The van der Waals surface area contributed by atoms with E-state index in [1.54, 1.807) is 41.5 Å². The van der Waals surface area contributed by atoms with Gasteiger partial charge in [0.2, 0.25) is 88.6 Å². The van der Waals surface area contributed by atoms with Gasteiger partial charge in [0.1, 0.15) is 78.3 Å². The number of nitrogens with one attached hydrogen (secondary N) is 16. The highest BCUT2D eigenvalue weighted by molar-refractivity contribution is 6.00. The number of phenols is 1. The standard InChI is InChI=1S/C84H151N23O18/c1-9-10-11-12-13-14-15-16-17-18-19-20-21-32-69(113)96-56(30-26-43-94-83(90)91)72(115)100-60(37-39-67(87)111)76(119)101-61(38-40-68(88)112)77(120)105-65(48-54-33-35-55(110)36-34-54)80(123)99-59(31-27-44-95-84(92)93)73(116)97-57(28-22-24-41-85)74(117)103-64(47-52(6)7)79(122)104-63(46-51(4)5)78(121)98-58(29-23-25-42-86)75(118)106-66(49-108)81(124)107-70(53(8)109)82(125)102-62(71(89)114)45-50(2)3/h33-36,50-53,56-66,70,108-110H,9-32,37-49,85-86H2,1-8H3,(H2,87,111)(H2,88,112)(H2,89,114)(H,96,113)(H,97,116)(H,98,121)(H,99,123)(H,100,115)(H,101,119)(H,102,125)(H,103,117)(H,104,122)(H,105,120)(H,106,118)(H,107,124)(H4,90,91,94)(H4,92,93,95)/t53-,56+,57+,58+,59+,60+,61+,62+,63+,64+,65+,66+,70+/m1/s1. The number of primary amides is 3.